The Kier molecular flexibility index (Phi) is 3.75. The molecule has 1 N–H and O–H groups in total. The molecule has 0 aromatic heterocycles. The summed E-state index contributed by atoms with van der Waals surface area (Å²) in [6, 6.07) is 17.5. The Morgan fingerprint density at radius 1 is 1.05 bits per heavy atom. The van der Waals surface area contributed by atoms with Crippen LogP contribution < -0.4 is 10.1 Å². The van der Waals surface area contributed by atoms with Crippen molar-refractivity contribution < 1.29 is 4.74 Å². The van der Waals surface area contributed by atoms with Gasteiger partial charge in [0.05, 0.1) is 12.1 Å². The molecular weight excluding hydrogens is 246 g/mol. The molecule has 0 amide bonds. The van der Waals surface area contributed by atoms with Gasteiger partial charge in [0.25, 0.3) is 0 Å². The van der Waals surface area contributed by atoms with Gasteiger partial charge in [-0.05, 0) is 49.1 Å². The Hall–Kier alpha value is -1.80. The molecule has 0 aliphatic carbocycles. The second kappa shape index (κ2) is 5.68. The zero-order valence-electron chi connectivity index (χ0n) is 12.1. The van der Waals surface area contributed by atoms with Crippen LogP contribution in [0.25, 0.3) is 0 Å². The Labute approximate surface area is 120 Å². The minimum Gasteiger partial charge on any atom is -0.491 e. The molecule has 1 heterocycles. The molecule has 0 radical (unpaired) electrons. The Balaban J connectivity index is 1.87. The lowest BCUT2D eigenvalue weighted by Crippen LogP contribution is -2.30. The summed E-state index contributed by atoms with van der Waals surface area (Å²) in [7, 11) is 0. The number of fused-ring (bicyclic) bond motifs is 1. The van der Waals surface area contributed by atoms with E-state index in [0.717, 1.165) is 18.7 Å². The zero-order chi connectivity index (χ0) is 13.9. The molecule has 0 saturated carbocycles. The van der Waals surface area contributed by atoms with Crippen LogP contribution in [0.1, 0.15) is 36.6 Å². The Morgan fingerprint density at radius 2 is 1.80 bits per heavy atom. The summed E-state index contributed by atoms with van der Waals surface area (Å²) in [5, 5.41) is 3.61. The zero-order valence-corrected chi connectivity index (χ0v) is 12.1. The minimum absolute atomic E-state index is 0.217. The van der Waals surface area contributed by atoms with E-state index in [0.29, 0.717) is 6.04 Å². The summed E-state index contributed by atoms with van der Waals surface area (Å²) >= 11 is 0. The lowest BCUT2D eigenvalue weighted by Gasteiger charge is -2.27. The third-order valence-electron chi connectivity index (χ3n) is 3.69. The van der Waals surface area contributed by atoms with Gasteiger partial charge in [0.1, 0.15) is 5.75 Å². The van der Waals surface area contributed by atoms with E-state index < -0.39 is 0 Å². The maximum atomic E-state index is 5.71. The lowest BCUT2D eigenvalue weighted by atomic mass is 9.90. The monoisotopic (exact) mass is 267 g/mol. The molecule has 3 rings (SSSR count). The number of ether oxygens (including phenoxy) is 1. The highest BCUT2D eigenvalue weighted by atomic mass is 16.5. The third kappa shape index (κ3) is 2.70. The molecule has 0 fully saturated rings. The molecule has 20 heavy (non-hydrogen) atoms. The van der Waals surface area contributed by atoms with Gasteiger partial charge >= 0.3 is 0 Å². The van der Waals surface area contributed by atoms with Gasteiger partial charge in [-0.2, -0.15) is 0 Å². The summed E-state index contributed by atoms with van der Waals surface area (Å²) < 4.78 is 5.71. The highest BCUT2D eigenvalue weighted by molar-refractivity contribution is 5.41. The van der Waals surface area contributed by atoms with Crippen LogP contribution in [0.2, 0.25) is 0 Å². The first-order valence-electron chi connectivity index (χ1n) is 7.32. The second-order valence-electron chi connectivity index (χ2n) is 5.57. The van der Waals surface area contributed by atoms with Gasteiger partial charge in [0.15, 0.2) is 0 Å². The smallest absolute Gasteiger partial charge is 0.119 e. The third-order valence-corrected chi connectivity index (χ3v) is 3.69. The van der Waals surface area contributed by atoms with Crippen LogP contribution in [0.4, 0.5) is 0 Å². The summed E-state index contributed by atoms with van der Waals surface area (Å²) in [4.78, 5) is 0. The molecule has 104 valence electrons. The summed E-state index contributed by atoms with van der Waals surface area (Å²) in [5.41, 5.74) is 4.16. The quantitative estimate of drug-likeness (QED) is 0.915. The normalized spacial score (nSPS) is 17.9. The molecule has 0 saturated heterocycles. The van der Waals surface area contributed by atoms with Crippen molar-refractivity contribution in [2.75, 3.05) is 6.54 Å². The number of hydrogen-bond acceptors (Lipinski definition) is 2. The van der Waals surface area contributed by atoms with Crippen LogP contribution in [-0.2, 0) is 6.42 Å². The van der Waals surface area contributed by atoms with E-state index in [2.05, 4.69) is 53.8 Å². The molecule has 0 spiro atoms. The number of rotatable bonds is 3. The average Bonchev–Trinajstić information content (AvgIpc) is 2.47. The molecule has 0 bridgehead atoms. The lowest BCUT2D eigenvalue weighted by molar-refractivity contribution is 0.242. The van der Waals surface area contributed by atoms with Crippen LogP contribution in [0.15, 0.2) is 48.5 Å². The largest absolute Gasteiger partial charge is 0.491 e. The summed E-state index contributed by atoms with van der Waals surface area (Å²) in [5.74, 6) is 0.938. The second-order valence-corrected chi connectivity index (χ2v) is 5.57. The van der Waals surface area contributed by atoms with Crippen molar-refractivity contribution in [3.05, 3.63) is 65.2 Å². The first kappa shape index (κ1) is 13.2. The van der Waals surface area contributed by atoms with Crippen LogP contribution in [0, 0.1) is 0 Å². The molecular formula is C18H21NO. The Bertz CT molecular complexity index is 574. The number of nitrogens with one attached hydrogen (secondary N) is 1. The highest BCUT2D eigenvalue weighted by Gasteiger charge is 2.20. The maximum absolute atomic E-state index is 5.71. The predicted molar refractivity (Wildman–Crippen MR) is 82.2 cm³/mol. The van der Waals surface area contributed by atoms with Gasteiger partial charge in [-0.15, -0.1) is 0 Å². The topological polar surface area (TPSA) is 21.3 Å². The van der Waals surface area contributed by atoms with Crippen LogP contribution in [-0.4, -0.2) is 12.6 Å². The van der Waals surface area contributed by atoms with Crippen molar-refractivity contribution >= 4 is 0 Å². The number of benzene rings is 2. The van der Waals surface area contributed by atoms with Crippen molar-refractivity contribution in [3.63, 3.8) is 0 Å². The molecule has 1 atom stereocenters. The number of hydrogen-bond donors (Lipinski definition) is 1. The SMILES string of the molecule is CC(C)Oc1ccc(C2NCCc3ccccc32)cc1. The van der Waals surface area contributed by atoms with Crippen molar-refractivity contribution in [1.29, 1.82) is 0 Å². The van der Waals surface area contributed by atoms with E-state index >= 15 is 0 Å². The van der Waals surface area contributed by atoms with Gasteiger partial charge in [-0.3, -0.25) is 0 Å². The Morgan fingerprint density at radius 3 is 2.55 bits per heavy atom. The highest BCUT2D eigenvalue weighted by Crippen LogP contribution is 2.29. The van der Waals surface area contributed by atoms with E-state index in [-0.39, 0.29) is 6.10 Å². The fourth-order valence-electron chi connectivity index (χ4n) is 2.81. The van der Waals surface area contributed by atoms with Crippen molar-refractivity contribution in [2.45, 2.75) is 32.4 Å². The minimum atomic E-state index is 0.217. The van der Waals surface area contributed by atoms with Crippen molar-refractivity contribution in [1.82, 2.24) is 5.32 Å². The van der Waals surface area contributed by atoms with Gasteiger partial charge in [0, 0.05) is 6.54 Å². The molecule has 2 nitrogen and oxygen atoms in total. The molecule has 1 aliphatic rings. The standard InChI is InChI=1S/C18H21NO/c1-13(2)20-16-9-7-15(8-10-16)18-17-6-4-3-5-14(17)11-12-19-18/h3-10,13,18-19H,11-12H2,1-2H3. The van der Waals surface area contributed by atoms with Gasteiger partial charge in [0.2, 0.25) is 0 Å². The maximum Gasteiger partial charge on any atom is 0.119 e. The fraction of sp³-hybridized carbons (Fsp3) is 0.333. The van der Waals surface area contributed by atoms with Crippen LogP contribution in [0.3, 0.4) is 0 Å². The summed E-state index contributed by atoms with van der Waals surface area (Å²) in [6.45, 7) is 5.13. The molecule has 1 aliphatic heterocycles. The van der Waals surface area contributed by atoms with Crippen LogP contribution >= 0.6 is 0 Å². The first-order chi connectivity index (χ1) is 9.74. The average molecular weight is 267 g/mol. The summed E-state index contributed by atoms with van der Waals surface area (Å²) in [6.07, 6.45) is 1.33. The van der Waals surface area contributed by atoms with Gasteiger partial charge in [-0.1, -0.05) is 36.4 Å². The molecule has 2 aromatic carbocycles. The van der Waals surface area contributed by atoms with E-state index in [1.165, 1.54) is 16.7 Å². The fourth-order valence-corrected chi connectivity index (χ4v) is 2.81. The molecule has 2 heteroatoms. The van der Waals surface area contributed by atoms with Crippen LogP contribution in [0.5, 0.6) is 5.75 Å². The van der Waals surface area contributed by atoms with Gasteiger partial charge in [-0.25, -0.2) is 0 Å². The van der Waals surface area contributed by atoms with Crippen molar-refractivity contribution in [2.24, 2.45) is 0 Å². The van der Waals surface area contributed by atoms with E-state index in [1.54, 1.807) is 0 Å². The predicted octanol–water partition coefficient (Wildman–Crippen LogP) is 3.71. The first-order valence-corrected chi connectivity index (χ1v) is 7.32. The molecule has 2 aromatic rings. The van der Waals surface area contributed by atoms with Crippen molar-refractivity contribution in [3.8, 4) is 5.75 Å². The van der Waals surface area contributed by atoms with E-state index in [9.17, 15) is 0 Å². The van der Waals surface area contributed by atoms with Gasteiger partial charge < -0.3 is 10.1 Å². The van der Waals surface area contributed by atoms with E-state index in [1.807, 2.05) is 13.8 Å². The van der Waals surface area contributed by atoms with E-state index in [4.69, 9.17) is 4.74 Å². The molecule has 1 unspecified atom stereocenters.